The molecule has 0 aliphatic carbocycles. The van der Waals surface area contributed by atoms with Crippen LogP contribution in [0.1, 0.15) is 40.0 Å². The second-order valence-corrected chi connectivity index (χ2v) is 4.67. The van der Waals surface area contributed by atoms with Crippen molar-refractivity contribution >= 4 is 5.91 Å². The molecular weight excluding hydrogens is 202 g/mol. The van der Waals surface area contributed by atoms with Crippen molar-refractivity contribution in [3.63, 3.8) is 0 Å². The number of hydrogen-bond donors (Lipinski definition) is 3. The molecule has 1 aliphatic heterocycles. The van der Waals surface area contributed by atoms with E-state index in [0.29, 0.717) is 12.1 Å². The van der Waals surface area contributed by atoms with E-state index in [2.05, 4.69) is 36.7 Å². The second kappa shape index (κ2) is 6.86. The molecule has 3 unspecified atom stereocenters. The molecule has 94 valence electrons. The Balaban J connectivity index is 2.33. The van der Waals surface area contributed by atoms with Crippen molar-refractivity contribution in [3.05, 3.63) is 0 Å². The number of rotatable bonds is 5. The van der Waals surface area contributed by atoms with Gasteiger partial charge in [-0.05, 0) is 19.8 Å². The Morgan fingerprint density at radius 3 is 2.62 bits per heavy atom. The van der Waals surface area contributed by atoms with Crippen LogP contribution in [0.2, 0.25) is 0 Å². The predicted octanol–water partition coefficient (Wildman–Crippen LogP) is 0.631. The molecule has 0 saturated carbocycles. The first-order valence-corrected chi connectivity index (χ1v) is 6.44. The third kappa shape index (κ3) is 4.10. The van der Waals surface area contributed by atoms with Crippen molar-refractivity contribution in [2.24, 2.45) is 0 Å². The van der Waals surface area contributed by atoms with Crippen LogP contribution in [-0.2, 0) is 4.79 Å². The third-order valence-electron chi connectivity index (χ3n) is 3.13. The van der Waals surface area contributed by atoms with Gasteiger partial charge in [-0.15, -0.1) is 0 Å². The topological polar surface area (TPSA) is 53.2 Å². The zero-order valence-electron chi connectivity index (χ0n) is 10.7. The number of amides is 1. The molecule has 1 rings (SSSR count). The first kappa shape index (κ1) is 13.5. The van der Waals surface area contributed by atoms with E-state index in [9.17, 15) is 4.79 Å². The third-order valence-corrected chi connectivity index (χ3v) is 3.13. The van der Waals surface area contributed by atoms with E-state index in [1.807, 2.05) is 0 Å². The molecule has 0 spiro atoms. The zero-order valence-corrected chi connectivity index (χ0v) is 10.7. The molecule has 0 aromatic rings. The normalized spacial score (nSPS) is 27.4. The van der Waals surface area contributed by atoms with Crippen LogP contribution in [-0.4, -0.2) is 37.1 Å². The van der Waals surface area contributed by atoms with Gasteiger partial charge in [0.1, 0.15) is 0 Å². The maximum Gasteiger partial charge on any atom is 0.238 e. The lowest BCUT2D eigenvalue weighted by molar-refractivity contribution is -0.124. The van der Waals surface area contributed by atoms with Gasteiger partial charge < -0.3 is 16.0 Å². The van der Waals surface area contributed by atoms with Crippen LogP contribution >= 0.6 is 0 Å². The second-order valence-electron chi connectivity index (χ2n) is 4.67. The summed E-state index contributed by atoms with van der Waals surface area (Å²) in [4.78, 5) is 11.9. The summed E-state index contributed by atoms with van der Waals surface area (Å²) in [6, 6.07) is 0.724. The van der Waals surface area contributed by atoms with Gasteiger partial charge in [0.05, 0.1) is 6.04 Å². The van der Waals surface area contributed by atoms with Gasteiger partial charge in [-0.1, -0.05) is 20.3 Å². The van der Waals surface area contributed by atoms with E-state index >= 15 is 0 Å². The molecule has 4 heteroatoms. The fourth-order valence-electron chi connectivity index (χ4n) is 2.00. The minimum Gasteiger partial charge on any atom is -0.352 e. The Morgan fingerprint density at radius 2 is 2.12 bits per heavy atom. The van der Waals surface area contributed by atoms with Gasteiger partial charge >= 0.3 is 0 Å². The lowest BCUT2D eigenvalue weighted by atomic mass is 10.1. The Bertz CT molecular complexity index is 212. The Morgan fingerprint density at radius 1 is 1.38 bits per heavy atom. The molecule has 16 heavy (non-hydrogen) atoms. The van der Waals surface area contributed by atoms with E-state index in [1.165, 1.54) is 0 Å². The van der Waals surface area contributed by atoms with E-state index in [0.717, 1.165) is 32.4 Å². The van der Waals surface area contributed by atoms with Gasteiger partial charge in [0, 0.05) is 25.2 Å². The number of carbonyl (C=O) groups excluding carboxylic acids is 1. The minimum atomic E-state index is -0.0675. The van der Waals surface area contributed by atoms with Crippen LogP contribution in [0.25, 0.3) is 0 Å². The number of piperazine rings is 1. The van der Waals surface area contributed by atoms with Crippen LogP contribution < -0.4 is 16.0 Å². The quantitative estimate of drug-likeness (QED) is 0.646. The van der Waals surface area contributed by atoms with Crippen molar-refractivity contribution in [1.29, 1.82) is 0 Å². The van der Waals surface area contributed by atoms with Crippen molar-refractivity contribution in [2.75, 3.05) is 13.1 Å². The van der Waals surface area contributed by atoms with Gasteiger partial charge in [0.2, 0.25) is 5.91 Å². The maximum absolute atomic E-state index is 11.9. The monoisotopic (exact) mass is 227 g/mol. The highest BCUT2D eigenvalue weighted by molar-refractivity contribution is 5.82. The van der Waals surface area contributed by atoms with Crippen molar-refractivity contribution in [3.8, 4) is 0 Å². The van der Waals surface area contributed by atoms with E-state index in [-0.39, 0.29) is 11.9 Å². The fraction of sp³-hybridized carbons (Fsp3) is 0.917. The minimum absolute atomic E-state index is 0.0675. The summed E-state index contributed by atoms with van der Waals surface area (Å²) in [5.41, 5.74) is 0. The number of hydrogen-bond acceptors (Lipinski definition) is 3. The van der Waals surface area contributed by atoms with Crippen LogP contribution in [0.4, 0.5) is 0 Å². The highest BCUT2D eigenvalue weighted by Crippen LogP contribution is 2.02. The highest BCUT2D eigenvalue weighted by atomic mass is 16.2. The summed E-state index contributed by atoms with van der Waals surface area (Å²) in [5, 5.41) is 9.69. The largest absolute Gasteiger partial charge is 0.352 e. The van der Waals surface area contributed by atoms with Gasteiger partial charge in [-0.2, -0.15) is 0 Å². The Kier molecular flexibility index (Phi) is 5.77. The molecule has 4 nitrogen and oxygen atoms in total. The van der Waals surface area contributed by atoms with Crippen molar-refractivity contribution in [2.45, 2.75) is 58.2 Å². The van der Waals surface area contributed by atoms with Gasteiger partial charge in [-0.3, -0.25) is 4.79 Å². The lowest BCUT2D eigenvalue weighted by Crippen LogP contribution is -2.59. The molecule has 1 heterocycles. The summed E-state index contributed by atoms with van der Waals surface area (Å²) in [5.74, 6) is 0.139. The lowest BCUT2D eigenvalue weighted by Gasteiger charge is -2.29. The molecule has 1 amide bonds. The van der Waals surface area contributed by atoms with Crippen molar-refractivity contribution < 1.29 is 4.79 Å². The van der Waals surface area contributed by atoms with Crippen LogP contribution in [0.3, 0.4) is 0 Å². The van der Waals surface area contributed by atoms with E-state index < -0.39 is 0 Å². The summed E-state index contributed by atoms with van der Waals surface area (Å²) in [7, 11) is 0. The SMILES string of the molecule is CCCC(CC)NC(=O)C1CNC(C)CN1. The summed E-state index contributed by atoms with van der Waals surface area (Å²) in [6.45, 7) is 7.98. The van der Waals surface area contributed by atoms with Gasteiger partial charge in [0.15, 0.2) is 0 Å². The molecule has 3 N–H and O–H groups in total. The number of nitrogens with one attached hydrogen (secondary N) is 3. The van der Waals surface area contributed by atoms with E-state index in [4.69, 9.17) is 0 Å². The van der Waals surface area contributed by atoms with E-state index in [1.54, 1.807) is 0 Å². The molecule has 0 radical (unpaired) electrons. The van der Waals surface area contributed by atoms with Crippen LogP contribution in [0, 0.1) is 0 Å². The van der Waals surface area contributed by atoms with Crippen molar-refractivity contribution in [1.82, 2.24) is 16.0 Å². The van der Waals surface area contributed by atoms with Gasteiger partial charge in [-0.25, -0.2) is 0 Å². The Labute approximate surface area is 98.6 Å². The van der Waals surface area contributed by atoms with Crippen LogP contribution in [0.5, 0.6) is 0 Å². The molecule has 1 aliphatic rings. The molecule has 0 aromatic heterocycles. The molecule has 0 bridgehead atoms. The van der Waals surface area contributed by atoms with Gasteiger partial charge in [0.25, 0.3) is 0 Å². The molecule has 3 atom stereocenters. The standard InChI is InChI=1S/C12H25N3O/c1-4-6-10(5-2)15-12(16)11-8-13-9(3)7-14-11/h9-11,13-14H,4-8H2,1-3H3,(H,15,16). The summed E-state index contributed by atoms with van der Waals surface area (Å²) < 4.78 is 0. The zero-order chi connectivity index (χ0) is 12.0. The molecule has 0 aromatic carbocycles. The molecule has 1 saturated heterocycles. The first-order chi connectivity index (χ1) is 7.67. The number of carbonyl (C=O) groups is 1. The average molecular weight is 227 g/mol. The first-order valence-electron chi connectivity index (χ1n) is 6.44. The molecular formula is C12H25N3O. The maximum atomic E-state index is 11.9. The molecule has 1 fully saturated rings. The highest BCUT2D eigenvalue weighted by Gasteiger charge is 2.24. The summed E-state index contributed by atoms with van der Waals surface area (Å²) >= 11 is 0. The smallest absolute Gasteiger partial charge is 0.238 e. The predicted molar refractivity (Wildman–Crippen MR) is 66.4 cm³/mol. The fourth-order valence-corrected chi connectivity index (χ4v) is 2.00. The van der Waals surface area contributed by atoms with Crippen LogP contribution in [0.15, 0.2) is 0 Å². The Hall–Kier alpha value is -0.610. The average Bonchev–Trinajstić information content (AvgIpc) is 2.29. The summed E-state index contributed by atoms with van der Waals surface area (Å²) in [6.07, 6.45) is 3.20.